The normalized spacial score (nSPS) is 16.1. The van der Waals surface area contributed by atoms with Crippen molar-refractivity contribution in [3.05, 3.63) is 18.2 Å². The maximum atomic E-state index is 12.4. The molecule has 1 heterocycles. The first-order chi connectivity index (χ1) is 9.45. The highest BCUT2D eigenvalue weighted by molar-refractivity contribution is 7.89. The Morgan fingerprint density at radius 1 is 1.30 bits per heavy atom. The van der Waals surface area contributed by atoms with Gasteiger partial charge in [-0.2, -0.15) is 4.31 Å². The van der Waals surface area contributed by atoms with Crippen molar-refractivity contribution < 1.29 is 17.9 Å². The lowest BCUT2D eigenvalue weighted by atomic mass is 10.3. The lowest BCUT2D eigenvalue weighted by molar-refractivity contribution is -0.114. The summed E-state index contributed by atoms with van der Waals surface area (Å²) in [6.45, 7) is 2.45. The van der Waals surface area contributed by atoms with Crippen LogP contribution < -0.4 is 10.1 Å². The minimum atomic E-state index is -3.50. The van der Waals surface area contributed by atoms with Gasteiger partial charge in [0.15, 0.2) is 0 Å². The van der Waals surface area contributed by atoms with E-state index < -0.39 is 10.0 Å². The second-order valence-electron chi connectivity index (χ2n) is 4.65. The molecule has 1 fully saturated rings. The Hall–Kier alpha value is -1.60. The highest BCUT2D eigenvalue weighted by Crippen LogP contribution is 2.29. The molecule has 0 unspecified atom stereocenters. The second kappa shape index (κ2) is 5.80. The van der Waals surface area contributed by atoms with Gasteiger partial charge in [0.1, 0.15) is 5.75 Å². The van der Waals surface area contributed by atoms with E-state index in [1.807, 2.05) is 0 Å². The average Bonchev–Trinajstić information content (AvgIpc) is 2.92. The zero-order valence-electron chi connectivity index (χ0n) is 11.5. The summed E-state index contributed by atoms with van der Waals surface area (Å²) >= 11 is 0. The van der Waals surface area contributed by atoms with Crippen molar-refractivity contribution in [1.29, 1.82) is 0 Å². The SMILES string of the molecule is COc1ccc(S(=O)(=O)N2CCCC2)cc1NC(C)=O. The number of nitrogens with zero attached hydrogens (tertiary/aromatic N) is 1. The monoisotopic (exact) mass is 298 g/mol. The Balaban J connectivity index is 2.39. The third-order valence-electron chi connectivity index (χ3n) is 3.18. The third kappa shape index (κ3) is 2.94. The number of nitrogens with one attached hydrogen (secondary N) is 1. The summed E-state index contributed by atoms with van der Waals surface area (Å²) in [6.07, 6.45) is 1.77. The van der Waals surface area contributed by atoms with Gasteiger partial charge in [0.2, 0.25) is 15.9 Å². The average molecular weight is 298 g/mol. The van der Waals surface area contributed by atoms with E-state index in [0.29, 0.717) is 24.5 Å². The van der Waals surface area contributed by atoms with Gasteiger partial charge in [-0.25, -0.2) is 8.42 Å². The molecule has 1 saturated heterocycles. The van der Waals surface area contributed by atoms with Crippen LogP contribution in [0.5, 0.6) is 5.75 Å². The summed E-state index contributed by atoms with van der Waals surface area (Å²) < 4.78 is 31.5. The number of carbonyl (C=O) groups excluding carboxylic acids is 1. The quantitative estimate of drug-likeness (QED) is 0.912. The number of methoxy groups -OCH3 is 1. The predicted molar refractivity (Wildman–Crippen MR) is 75.3 cm³/mol. The number of sulfonamides is 1. The van der Waals surface area contributed by atoms with Gasteiger partial charge in [0, 0.05) is 20.0 Å². The van der Waals surface area contributed by atoms with Crippen molar-refractivity contribution in [3.8, 4) is 5.75 Å². The van der Waals surface area contributed by atoms with Gasteiger partial charge in [-0.3, -0.25) is 4.79 Å². The Labute approximate surface area is 118 Å². The van der Waals surface area contributed by atoms with E-state index in [2.05, 4.69) is 5.32 Å². The van der Waals surface area contributed by atoms with Gasteiger partial charge < -0.3 is 10.1 Å². The fraction of sp³-hybridized carbons (Fsp3) is 0.462. The van der Waals surface area contributed by atoms with Crippen molar-refractivity contribution in [2.45, 2.75) is 24.7 Å². The van der Waals surface area contributed by atoms with Crippen molar-refractivity contribution in [2.75, 3.05) is 25.5 Å². The third-order valence-corrected chi connectivity index (χ3v) is 5.08. The van der Waals surface area contributed by atoms with Gasteiger partial charge in [-0.15, -0.1) is 0 Å². The van der Waals surface area contributed by atoms with Crippen molar-refractivity contribution in [1.82, 2.24) is 4.31 Å². The zero-order valence-corrected chi connectivity index (χ0v) is 12.4. The standard InChI is InChI=1S/C13H18N2O4S/c1-10(16)14-12-9-11(5-6-13(12)19-2)20(17,18)15-7-3-4-8-15/h5-6,9H,3-4,7-8H2,1-2H3,(H,14,16). The lowest BCUT2D eigenvalue weighted by Crippen LogP contribution is -2.28. The molecule has 6 nitrogen and oxygen atoms in total. The smallest absolute Gasteiger partial charge is 0.243 e. The van der Waals surface area contributed by atoms with Crippen molar-refractivity contribution in [3.63, 3.8) is 0 Å². The van der Waals surface area contributed by atoms with E-state index in [1.54, 1.807) is 6.07 Å². The number of benzene rings is 1. The molecule has 0 aliphatic carbocycles. The molecule has 0 aromatic heterocycles. The van der Waals surface area contributed by atoms with Gasteiger partial charge in [0.05, 0.1) is 17.7 Å². The molecule has 7 heteroatoms. The highest BCUT2D eigenvalue weighted by atomic mass is 32.2. The minimum Gasteiger partial charge on any atom is -0.495 e. The molecule has 1 aromatic rings. The first-order valence-corrected chi connectivity index (χ1v) is 7.85. The van der Waals surface area contributed by atoms with Crippen LogP contribution >= 0.6 is 0 Å². The molecule has 1 aliphatic rings. The Kier molecular flexibility index (Phi) is 4.29. The maximum absolute atomic E-state index is 12.4. The molecular formula is C13H18N2O4S. The number of hydrogen-bond donors (Lipinski definition) is 1. The molecule has 0 atom stereocenters. The Morgan fingerprint density at radius 2 is 1.95 bits per heavy atom. The van der Waals surface area contributed by atoms with E-state index >= 15 is 0 Å². The van der Waals surface area contributed by atoms with Crippen LogP contribution in [0, 0.1) is 0 Å². The summed E-state index contributed by atoms with van der Waals surface area (Å²) in [5, 5.41) is 2.58. The van der Waals surface area contributed by atoms with E-state index in [9.17, 15) is 13.2 Å². The maximum Gasteiger partial charge on any atom is 0.243 e. The molecule has 1 aromatic carbocycles. The molecule has 2 rings (SSSR count). The zero-order chi connectivity index (χ0) is 14.8. The van der Waals surface area contributed by atoms with Crippen LogP contribution in [0.4, 0.5) is 5.69 Å². The number of anilines is 1. The fourth-order valence-electron chi connectivity index (χ4n) is 2.21. The van der Waals surface area contributed by atoms with Crippen LogP contribution in [-0.4, -0.2) is 38.8 Å². The van der Waals surface area contributed by atoms with Crippen LogP contribution in [0.3, 0.4) is 0 Å². The van der Waals surface area contributed by atoms with Gasteiger partial charge in [-0.1, -0.05) is 0 Å². The van der Waals surface area contributed by atoms with Crippen LogP contribution in [0.2, 0.25) is 0 Å². The Bertz CT molecular complexity index is 607. The van der Waals surface area contributed by atoms with Gasteiger partial charge in [0.25, 0.3) is 0 Å². The molecule has 0 bridgehead atoms. The second-order valence-corrected chi connectivity index (χ2v) is 6.59. The van der Waals surface area contributed by atoms with Crippen LogP contribution in [-0.2, 0) is 14.8 Å². The van der Waals surface area contributed by atoms with E-state index in [4.69, 9.17) is 4.74 Å². The first-order valence-electron chi connectivity index (χ1n) is 6.41. The topological polar surface area (TPSA) is 75.7 Å². The molecule has 0 radical (unpaired) electrons. The molecule has 0 saturated carbocycles. The largest absolute Gasteiger partial charge is 0.495 e. The predicted octanol–water partition coefficient (Wildman–Crippen LogP) is 1.44. The molecule has 20 heavy (non-hydrogen) atoms. The van der Waals surface area contributed by atoms with Gasteiger partial charge >= 0.3 is 0 Å². The van der Waals surface area contributed by atoms with Crippen molar-refractivity contribution in [2.24, 2.45) is 0 Å². The summed E-state index contributed by atoms with van der Waals surface area (Å²) in [6, 6.07) is 4.49. The number of carbonyl (C=O) groups is 1. The van der Waals surface area contributed by atoms with Crippen LogP contribution in [0.15, 0.2) is 23.1 Å². The van der Waals surface area contributed by atoms with E-state index in [-0.39, 0.29) is 10.8 Å². The number of amides is 1. The van der Waals surface area contributed by atoms with Gasteiger partial charge in [-0.05, 0) is 31.0 Å². The minimum absolute atomic E-state index is 0.170. The summed E-state index contributed by atoms with van der Waals surface area (Å²) in [5.41, 5.74) is 0.361. The Morgan fingerprint density at radius 3 is 2.50 bits per heavy atom. The number of ether oxygens (including phenoxy) is 1. The fourth-order valence-corrected chi connectivity index (χ4v) is 3.76. The lowest BCUT2D eigenvalue weighted by Gasteiger charge is -2.17. The first kappa shape index (κ1) is 14.8. The molecular weight excluding hydrogens is 280 g/mol. The number of hydrogen-bond acceptors (Lipinski definition) is 4. The summed E-state index contributed by atoms with van der Waals surface area (Å²) in [4.78, 5) is 11.3. The van der Waals surface area contributed by atoms with E-state index in [1.165, 1.54) is 30.5 Å². The van der Waals surface area contributed by atoms with E-state index in [0.717, 1.165) is 12.8 Å². The molecule has 1 aliphatic heterocycles. The molecule has 1 amide bonds. The summed E-state index contributed by atoms with van der Waals surface area (Å²) in [5.74, 6) is 0.152. The molecule has 1 N–H and O–H groups in total. The van der Waals surface area contributed by atoms with Crippen molar-refractivity contribution >= 4 is 21.6 Å². The van der Waals surface area contributed by atoms with Crippen LogP contribution in [0.25, 0.3) is 0 Å². The molecule has 110 valence electrons. The molecule has 0 spiro atoms. The highest BCUT2D eigenvalue weighted by Gasteiger charge is 2.27. The van der Waals surface area contributed by atoms with Crippen LogP contribution in [0.1, 0.15) is 19.8 Å². The summed E-state index contributed by atoms with van der Waals surface area (Å²) in [7, 11) is -2.03. The number of rotatable bonds is 4.